The van der Waals surface area contributed by atoms with Crippen LogP contribution in [-0.4, -0.2) is 31.2 Å². The number of hydrogen-bond acceptors (Lipinski definition) is 3. The summed E-state index contributed by atoms with van der Waals surface area (Å²) >= 11 is 6.22. The summed E-state index contributed by atoms with van der Waals surface area (Å²) in [5, 5.41) is 3.02. The number of carbonyl (C=O) groups is 1. The third-order valence-corrected chi connectivity index (χ3v) is 7.33. The van der Waals surface area contributed by atoms with Crippen LogP contribution in [-0.2, 0) is 23.0 Å². The summed E-state index contributed by atoms with van der Waals surface area (Å²) in [6, 6.07) is 12.3. The Labute approximate surface area is 171 Å². The van der Waals surface area contributed by atoms with E-state index in [4.69, 9.17) is 11.6 Å². The van der Waals surface area contributed by atoms with Crippen LogP contribution in [0.25, 0.3) is 0 Å². The molecule has 0 radical (unpaired) electrons. The van der Waals surface area contributed by atoms with Crippen LogP contribution < -0.4 is 5.32 Å². The first kappa shape index (κ1) is 20.8. The van der Waals surface area contributed by atoms with E-state index in [0.717, 1.165) is 24.0 Å². The molecule has 2 aromatic rings. The topological polar surface area (TPSA) is 66.5 Å². The van der Waals surface area contributed by atoms with Gasteiger partial charge in [-0.3, -0.25) is 4.79 Å². The van der Waals surface area contributed by atoms with Crippen LogP contribution in [0, 0.1) is 0 Å². The molecule has 1 aliphatic heterocycles. The highest BCUT2D eigenvalue weighted by Gasteiger charge is 2.30. The number of fused-ring (bicyclic) bond motifs is 1. The second-order valence-corrected chi connectivity index (χ2v) is 9.48. The van der Waals surface area contributed by atoms with Gasteiger partial charge in [0.15, 0.2) is 0 Å². The number of hydrogen-bond donors (Lipinski definition) is 1. The van der Waals surface area contributed by atoms with Crippen molar-refractivity contribution in [2.24, 2.45) is 0 Å². The van der Waals surface area contributed by atoms with Crippen LogP contribution in [0.2, 0.25) is 5.02 Å². The molecule has 0 spiro atoms. The van der Waals surface area contributed by atoms with Crippen molar-refractivity contribution in [2.75, 3.05) is 6.54 Å². The van der Waals surface area contributed by atoms with Gasteiger partial charge in [0.25, 0.3) is 5.91 Å². The average Bonchev–Trinajstić information content (AvgIpc) is 2.67. The predicted octanol–water partition coefficient (Wildman–Crippen LogP) is 4.01. The molecule has 0 fully saturated rings. The third kappa shape index (κ3) is 4.40. The molecule has 1 heterocycles. The molecule has 1 aliphatic rings. The lowest BCUT2D eigenvalue weighted by Crippen LogP contribution is -2.36. The summed E-state index contributed by atoms with van der Waals surface area (Å²) in [5.41, 5.74) is 2.46. The van der Waals surface area contributed by atoms with E-state index in [1.807, 2.05) is 38.1 Å². The first-order chi connectivity index (χ1) is 13.3. The maximum Gasteiger partial charge on any atom is 0.251 e. The van der Waals surface area contributed by atoms with Crippen LogP contribution in [0.4, 0.5) is 0 Å². The predicted molar refractivity (Wildman–Crippen MR) is 111 cm³/mol. The van der Waals surface area contributed by atoms with Crippen molar-refractivity contribution in [2.45, 2.75) is 50.6 Å². The van der Waals surface area contributed by atoms with Gasteiger partial charge in [0.1, 0.15) is 4.90 Å². The number of rotatable bonds is 6. The molecule has 1 amide bonds. The van der Waals surface area contributed by atoms with Crippen molar-refractivity contribution in [1.29, 1.82) is 0 Å². The Bertz CT molecular complexity index is 975. The normalized spacial score (nSPS) is 15.7. The van der Waals surface area contributed by atoms with E-state index >= 15 is 0 Å². The van der Waals surface area contributed by atoms with E-state index in [-0.39, 0.29) is 21.9 Å². The summed E-state index contributed by atoms with van der Waals surface area (Å²) in [5.74, 6) is -0.293. The monoisotopic (exact) mass is 420 g/mol. The Hall–Kier alpha value is -1.89. The Morgan fingerprint density at radius 2 is 1.93 bits per heavy atom. The van der Waals surface area contributed by atoms with Gasteiger partial charge in [-0.25, -0.2) is 8.42 Å². The van der Waals surface area contributed by atoms with Gasteiger partial charge in [-0.1, -0.05) is 49.2 Å². The maximum atomic E-state index is 13.2. The highest BCUT2D eigenvalue weighted by molar-refractivity contribution is 7.89. The van der Waals surface area contributed by atoms with Crippen LogP contribution >= 0.6 is 11.6 Å². The zero-order chi connectivity index (χ0) is 20.3. The van der Waals surface area contributed by atoms with E-state index in [1.54, 1.807) is 6.07 Å². The molecular formula is C21H25ClN2O3S. The van der Waals surface area contributed by atoms with Crippen LogP contribution in [0.1, 0.15) is 48.2 Å². The minimum Gasteiger partial charge on any atom is -0.350 e. The summed E-state index contributed by atoms with van der Waals surface area (Å²) in [4.78, 5) is 12.5. The van der Waals surface area contributed by atoms with Gasteiger partial charge in [0.05, 0.1) is 5.02 Å². The van der Waals surface area contributed by atoms with Crippen molar-refractivity contribution in [3.8, 4) is 0 Å². The van der Waals surface area contributed by atoms with Gasteiger partial charge < -0.3 is 5.32 Å². The SMILES string of the molecule is CCCC(C)NC(=O)c1ccc(Cl)c(S(=O)(=O)N2CCc3ccccc3C2)c1. The second kappa shape index (κ2) is 8.64. The molecular weight excluding hydrogens is 396 g/mol. The fraction of sp³-hybridized carbons (Fsp3) is 0.381. The van der Waals surface area contributed by atoms with Crippen LogP contribution in [0.5, 0.6) is 0 Å². The summed E-state index contributed by atoms with van der Waals surface area (Å²) in [6.07, 6.45) is 2.47. The zero-order valence-electron chi connectivity index (χ0n) is 16.1. The molecule has 150 valence electrons. The molecule has 0 saturated heterocycles. The fourth-order valence-electron chi connectivity index (χ4n) is 3.47. The molecule has 0 aromatic heterocycles. The van der Waals surface area contributed by atoms with Gasteiger partial charge >= 0.3 is 0 Å². The minimum atomic E-state index is -3.81. The van der Waals surface area contributed by atoms with Gasteiger partial charge in [0, 0.05) is 24.7 Å². The van der Waals surface area contributed by atoms with Crippen molar-refractivity contribution in [3.63, 3.8) is 0 Å². The molecule has 28 heavy (non-hydrogen) atoms. The highest BCUT2D eigenvalue weighted by Crippen LogP contribution is 2.29. The van der Waals surface area contributed by atoms with E-state index in [1.165, 1.54) is 16.4 Å². The standard InChI is InChI=1S/C21H25ClN2O3S/c1-3-6-15(2)23-21(25)17-9-10-19(22)20(13-17)28(26,27)24-12-11-16-7-4-5-8-18(16)14-24/h4-5,7-10,13,15H,3,6,11-12,14H2,1-2H3,(H,23,25). The Morgan fingerprint density at radius 1 is 1.21 bits per heavy atom. The number of halogens is 1. The molecule has 3 rings (SSSR count). The van der Waals surface area contributed by atoms with E-state index < -0.39 is 10.0 Å². The number of sulfonamides is 1. The Morgan fingerprint density at radius 3 is 2.64 bits per heavy atom. The van der Waals surface area contributed by atoms with E-state index in [2.05, 4.69) is 5.32 Å². The van der Waals surface area contributed by atoms with Gasteiger partial charge in [-0.05, 0) is 49.1 Å². The lowest BCUT2D eigenvalue weighted by atomic mass is 10.0. The summed E-state index contributed by atoms with van der Waals surface area (Å²) in [7, 11) is -3.81. The molecule has 7 heteroatoms. The van der Waals surface area contributed by atoms with Gasteiger partial charge in [-0.15, -0.1) is 0 Å². The number of benzene rings is 2. The molecule has 0 bridgehead atoms. The quantitative estimate of drug-likeness (QED) is 0.767. The van der Waals surface area contributed by atoms with Crippen molar-refractivity contribution < 1.29 is 13.2 Å². The van der Waals surface area contributed by atoms with Crippen molar-refractivity contribution >= 4 is 27.5 Å². The zero-order valence-corrected chi connectivity index (χ0v) is 17.7. The molecule has 1 atom stereocenters. The minimum absolute atomic E-state index is 0.0202. The number of nitrogens with one attached hydrogen (secondary N) is 1. The van der Waals surface area contributed by atoms with Gasteiger partial charge in [0.2, 0.25) is 10.0 Å². The molecule has 1 N–H and O–H groups in total. The van der Waals surface area contributed by atoms with Crippen LogP contribution in [0.15, 0.2) is 47.4 Å². The maximum absolute atomic E-state index is 13.2. The molecule has 1 unspecified atom stereocenters. The van der Waals surface area contributed by atoms with E-state index in [9.17, 15) is 13.2 Å². The highest BCUT2D eigenvalue weighted by atomic mass is 35.5. The third-order valence-electron chi connectivity index (χ3n) is 5.01. The van der Waals surface area contributed by atoms with Gasteiger partial charge in [-0.2, -0.15) is 4.31 Å². The van der Waals surface area contributed by atoms with Crippen LogP contribution in [0.3, 0.4) is 0 Å². The number of carbonyl (C=O) groups excluding carboxylic acids is 1. The first-order valence-electron chi connectivity index (χ1n) is 9.50. The summed E-state index contributed by atoms with van der Waals surface area (Å²) < 4.78 is 27.9. The molecule has 2 aromatic carbocycles. The average molecular weight is 421 g/mol. The lowest BCUT2D eigenvalue weighted by Gasteiger charge is -2.28. The molecule has 0 saturated carbocycles. The lowest BCUT2D eigenvalue weighted by molar-refractivity contribution is 0.0938. The largest absolute Gasteiger partial charge is 0.350 e. The first-order valence-corrected chi connectivity index (χ1v) is 11.3. The fourth-order valence-corrected chi connectivity index (χ4v) is 5.39. The van der Waals surface area contributed by atoms with Crippen molar-refractivity contribution in [1.82, 2.24) is 9.62 Å². The Kier molecular flexibility index (Phi) is 6.43. The second-order valence-electron chi connectivity index (χ2n) is 7.17. The molecule has 5 nitrogen and oxygen atoms in total. The number of nitrogens with zero attached hydrogens (tertiary/aromatic N) is 1. The van der Waals surface area contributed by atoms with E-state index in [0.29, 0.717) is 25.1 Å². The number of amides is 1. The smallest absolute Gasteiger partial charge is 0.251 e. The summed E-state index contributed by atoms with van der Waals surface area (Å²) in [6.45, 7) is 4.67. The Balaban J connectivity index is 1.87. The molecule has 0 aliphatic carbocycles. The van der Waals surface area contributed by atoms with Crippen molar-refractivity contribution in [3.05, 3.63) is 64.2 Å².